The molecule has 1 aromatic carbocycles. The Hall–Kier alpha value is -2.81. The molecule has 0 aliphatic carbocycles. The Morgan fingerprint density at radius 3 is 2.44 bits per heavy atom. The van der Waals surface area contributed by atoms with Crippen LogP contribution in [0.4, 0.5) is 13.2 Å². The van der Waals surface area contributed by atoms with Gasteiger partial charge in [-0.25, -0.2) is 4.79 Å². The van der Waals surface area contributed by atoms with Crippen molar-refractivity contribution in [2.24, 2.45) is 0 Å². The summed E-state index contributed by atoms with van der Waals surface area (Å²) in [4.78, 5) is 24.6. The van der Waals surface area contributed by atoms with Gasteiger partial charge < -0.3 is 15.2 Å². The van der Waals surface area contributed by atoms with Crippen molar-refractivity contribution in [2.75, 3.05) is 6.61 Å². The third-order valence-electron chi connectivity index (χ3n) is 3.05. The SMILES string of the molecule is Cc1cnccc1CNC(=O)COc1ccccc1Cl.O=C(O)C(F)(F)F. The Morgan fingerprint density at radius 2 is 1.89 bits per heavy atom. The largest absolute Gasteiger partial charge is 0.490 e. The number of ether oxygens (including phenoxy) is 1. The van der Waals surface area contributed by atoms with Gasteiger partial charge in [0.25, 0.3) is 5.91 Å². The van der Waals surface area contributed by atoms with Crippen LogP contribution in [0.3, 0.4) is 0 Å². The fourth-order valence-electron chi connectivity index (χ4n) is 1.65. The number of alkyl halides is 3. The first-order valence-electron chi connectivity index (χ1n) is 7.45. The number of amides is 1. The van der Waals surface area contributed by atoms with Crippen molar-refractivity contribution in [1.82, 2.24) is 10.3 Å². The Bertz CT molecular complexity index is 733. The second kappa shape index (κ2) is 10.4. The van der Waals surface area contributed by atoms with E-state index in [1.54, 1.807) is 30.6 Å². The molecule has 2 rings (SSSR count). The van der Waals surface area contributed by atoms with E-state index in [9.17, 15) is 18.0 Å². The number of aliphatic carboxylic acids is 1. The Balaban J connectivity index is 0.000000445. The van der Waals surface area contributed by atoms with E-state index >= 15 is 0 Å². The molecular weight excluding hydrogens is 389 g/mol. The maximum absolute atomic E-state index is 11.7. The van der Waals surface area contributed by atoms with Crippen molar-refractivity contribution in [3.8, 4) is 5.75 Å². The van der Waals surface area contributed by atoms with E-state index in [0.717, 1.165) is 11.1 Å². The molecule has 6 nitrogen and oxygen atoms in total. The zero-order valence-electron chi connectivity index (χ0n) is 14.1. The van der Waals surface area contributed by atoms with Gasteiger partial charge >= 0.3 is 12.1 Å². The molecule has 0 unspecified atom stereocenters. The summed E-state index contributed by atoms with van der Waals surface area (Å²) in [6.45, 7) is 2.35. The van der Waals surface area contributed by atoms with Crippen LogP contribution in [-0.4, -0.2) is 34.8 Å². The first kappa shape index (κ1) is 22.2. The number of halogens is 4. The number of aryl methyl sites for hydroxylation is 1. The smallest absolute Gasteiger partial charge is 0.482 e. The molecule has 27 heavy (non-hydrogen) atoms. The highest BCUT2D eigenvalue weighted by molar-refractivity contribution is 6.32. The Labute approximate surface area is 157 Å². The van der Waals surface area contributed by atoms with Gasteiger partial charge in [0.15, 0.2) is 6.61 Å². The number of pyridine rings is 1. The van der Waals surface area contributed by atoms with E-state index in [0.29, 0.717) is 17.3 Å². The van der Waals surface area contributed by atoms with Gasteiger partial charge in [0.2, 0.25) is 0 Å². The Kier molecular flexibility index (Phi) is 8.53. The number of carbonyl (C=O) groups is 2. The van der Waals surface area contributed by atoms with Gasteiger partial charge in [-0.2, -0.15) is 13.2 Å². The predicted molar refractivity (Wildman–Crippen MR) is 91.5 cm³/mol. The van der Waals surface area contributed by atoms with E-state index in [1.807, 2.05) is 19.1 Å². The standard InChI is InChI=1S/C15H15ClN2O2.C2HF3O2/c1-11-8-17-7-6-12(11)9-18-15(19)10-20-14-5-3-2-4-13(14)16;3-2(4,5)1(6)7/h2-8H,9-10H2,1H3,(H,18,19);(H,6,7). The molecule has 0 saturated heterocycles. The van der Waals surface area contributed by atoms with Gasteiger partial charge in [-0.15, -0.1) is 0 Å². The molecule has 0 fully saturated rings. The van der Waals surface area contributed by atoms with E-state index in [1.165, 1.54) is 0 Å². The number of carbonyl (C=O) groups excluding carboxylic acids is 1. The third-order valence-corrected chi connectivity index (χ3v) is 3.36. The van der Waals surface area contributed by atoms with E-state index in [2.05, 4.69) is 10.3 Å². The molecule has 146 valence electrons. The summed E-state index contributed by atoms with van der Waals surface area (Å²) in [5, 5.41) is 10.4. The van der Waals surface area contributed by atoms with E-state index < -0.39 is 12.1 Å². The number of aromatic nitrogens is 1. The molecule has 1 aromatic heterocycles. The maximum atomic E-state index is 11.7. The summed E-state index contributed by atoms with van der Waals surface area (Å²) in [5.74, 6) is -2.45. The van der Waals surface area contributed by atoms with Crippen molar-refractivity contribution < 1.29 is 32.6 Å². The Morgan fingerprint density at radius 1 is 1.26 bits per heavy atom. The minimum atomic E-state index is -5.08. The molecule has 0 saturated carbocycles. The van der Waals surface area contributed by atoms with Gasteiger partial charge in [-0.05, 0) is 36.2 Å². The average molecular weight is 405 g/mol. The number of nitrogens with zero attached hydrogens (tertiary/aromatic N) is 1. The van der Waals surface area contributed by atoms with Crippen LogP contribution in [0.5, 0.6) is 5.75 Å². The zero-order valence-corrected chi connectivity index (χ0v) is 14.8. The highest BCUT2D eigenvalue weighted by atomic mass is 35.5. The number of hydrogen-bond donors (Lipinski definition) is 2. The summed E-state index contributed by atoms with van der Waals surface area (Å²) in [6.07, 6.45) is -1.61. The van der Waals surface area contributed by atoms with Crippen molar-refractivity contribution in [1.29, 1.82) is 0 Å². The van der Waals surface area contributed by atoms with Crippen LogP contribution in [0, 0.1) is 6.92 Å². The first-order valence-corrected chi connectivity index (χ1v) is 7.82. The highest BCUT2D eigenvalue weighted by Gasteiger charge is 2.38. The molecule has 1 amide bonds. The molecule has 1 heterocycles. The summed E-state index contributed by atoms with van der Waals surface area (Å²) in [7, 11) is 0. The first-order chi connectivity index (χ1) is 12.6. The van der Waals surface area contributed by atoms with Crippen molar-refractivity contribution in [3.63, 3.8) is 0 Å². The molecule has 0 bridgehead atoms. The van der Waals surface area contributed by atoms with Crippen LogP contribution in [0.25, 0.3) is 0 Å². The molecule has 2 N–H and O–H groups in total. The number of carboxylic acid groups (broad SMARTS) is 1. The average Bonchev–Trinajstić information content (AvgIpc) is 2.60. The fraction of sp³-hybridized carbons (Fsp3) is 0.235. The molecule has 0 radical (unpaired) electrons. The molecule has 0 spiro atoms. The molecule has 0 aliphatic heterocycles. The minimum Gasteiger partial charge on any atom is -0.482 e. The van der Waals surface area contributed by atoms with Crippen LogP contribution in [0.2, 0.25) is 5.02 Å². The van der Waals surface area contributed by atoms with Crippen molar-refractivity contribution in [2.45, 2.75) is 19.6 Å². The van der Waals surface area contributed by atoms with Crippen LogP contribution in [-0.2, 0) is 16.1 Å². The second-order valence-corrected chi connectivity index (χ2v) is 5.51. The van der Waals surface area contributed by atoms with Crippen LogP contribution < -0.4 is 10.1 Å². The lowest BCUT2D eigenvalue weighted by Crippen LogP contribution is -2.28. The number of nitrogens with one attached hydrogen (secondary N) is 1. The lowest BCUT2D eigenvalue weighted by atomic mass is 10.1. The lowest BCUT2D eigenvalue weighted by Gasteiger charge is -2.09. The summed E-state index contributed by atoms with van der Waals surface area (Å²) in [5.41, 5.74) is 2.07. The minimum absolute atomic E-state index is 0.0616. The van der Waals surface area contributed by atoms with E-state index in [-0.39, 0.29) is 12.5 Å². The predicted octanol–water partition coefficient (Wildman–Crippen LogP) is 3.37. The van der Waals surface area contributed by atoms with Gasteiger partial charge in [-0.1, -0.05) is 23.7 Å². The number of para-hydroxylation sites is 1. The topological polar surface area (TPSA) is 88.5 Å². The quantitative estimate of drug-likeness (QED) is 0.797. The molecular formula is C17H16ClF3N2O4. The molecule has 0 atom stereocenters. The lowest BCUT2D eigenvalue weighted by molar-refractivity contribution is -0.192. The fourth-order valence-corrected chi connectivity index (χ4v) is 1.84. The molecule has 10 heteroatoms. The number of benzene rings is 1. The summed E-state index contributed by atoms with van der Waals surface area (Å²) < 4.78 is 37.1. The second-order valence-electron chi connectivity index (χ2n) is 5.10. The van der Waals surface area contributed by atoms with Gasteiger partial charge in [-0.3, -0.25) is 9.78 Å². The van der Waals surface area contributed by atoms with Crippen molar-refractivity contribution >= 4 is 23.5 Å². The maximum Gasteiger partial charge on any atom is 0.490 e. The van der Waals surface area contributed by atoms with Gasteiger partial charge in [0.1, 0.15) is 5.75 Å². The van der Waals surface area contributed by atoms with Gasteiger partial charge in [0.05, 0.1) is 5.02 Å². The van der Waals surface area contributed by atoms with Crippen molar-refractivity contribution in [3.05, 3.63) is 58.9 Å². The highest BCUT2D eigenvalue weighted by Crippen LogP contribution is 2.22. The van der Waals surface area contributed by atoms with Crippen LogP contribution in [0.1, 0.15) is 11.1 Å². The normalized spacial score (nSPS) is 10.4. The summed E-state index contributed by atoms with van der Waals surface area (Å²) >= 11 is 5.94. The molecule has 2 aromatic rings. The summed E-state index contributed by atoms with van der Waals surface area (Å²) in [6, 6.07) is 8.93. The number of carboxylic acids is 1. The van der Waals surface area contributed by atoms with Gasteiger partial charge in [0, 0.05) is 18.9 Å². The molecule has 0 aliphatic rings. The van der Waals surface area contributed by atoms with Crippen LogP contribution in [0.15, 0.2) is 42.7 Å². The van der Waals surface area contributed by atoms with Crippen LogP contribution >= 0.6 is 11.6 Å². The van der Waals surface area contributed by atoms with E-state index in [4.69, 9.17) is 26.2 Å². The number of hydrogen-bond acceptors (Lipinski definition) is 4. The monoisotopic (exact) mass is 404 g/mol. The zero-order chi connectivity index (χ0) is 20.4. The third kappa shape index (κ3) is 8.41. The number of rotatable bonds is 5.